The second-order valence-corrected chi connectivity index (χ2v) is 4.41. The van der Waals surface area contributed by atoms with Crippen molar-refractivity contribution >= 4 is 5.97 Å². The topological polar surface area (TPSA) is 76.0 Å². The Kier molecular flexibility index (Phi) is 3.70. The standard InChI is InChI=1S/C10H18O5/c1-9(2)7-10(8(12)13,3-5-14-9)15-6-4-11/h11H,3-7H2,1-2H3,(H,12,13). The van der Waals surface area contributed by atoms with Gasteiger partial charge >= 0.3 is 5.97 Å². The number of aliphatic hydroxyl groups excluding tert-OH is 1. The molecule has 0 aliphatic carbocycles. The molecule has 1 fully saturated rings. The van der Waals surface area contributed by atoms with Crippen LogP contribution in [0.25, 0.3) is 0 Å². The highest BCUT2D eigenvalue weighted by atomic mass is 16.5. The van der Waals surface area contributed by atoms with Gasteiger partial charge < -0.3 is 19.7 Å². The molecule has 0 aromatic rings. The zero-order valence-corrected chi connectivity index (χ0v) is 9.15. The largest absolute Gasteiger partial charge is 0.479 e. The van der Waals surface area contributed by atoms with E-state index in [1.165, 1.54) is 0 Å². The van der Waals surface area contributed by atoms with Crippen molar-refractivity contribution < 1.29 is 24.5 Å². The van der Waals surface area contributed by atoms with Crippen LogP contribution in [0.3, 0.4) is 0 Å². The van der Waals surface area contributed by atoms with Crippen LogP contribution in [0, 0.1) is 0 Å². The van der Waals surface area contributed by atoms with Gasteiger partial charge in [-0.15, -0.1) is 0 Å². The molecule has 0 bridgehead atoms. The van der Waals surface area contributed by atoms with Crippen LogP contribution in [0.15, 0.2) is 0 Å². The zero-order valence-electron chi connectivity index (χ0n) is 9.15. The smallest absolute Gasteiger partial charge is 0.336 e. The van der Waals surface area contributed by atoms with Gasteiger partial charge in [-0.05, 0) is 13.8 Å². The highest BCUT2D eigenvalue weighted by Crippen LogP contribution is 2.34. The molecule has 1 heterocycles. The fourth-order valence-electron chi connectivity index (χ4n) is 1.93. The third-order valence-corrected chi connectivity index (χ3v) is 2.57. The van der Waals surface area contributed by atoms with E-state index >= 15 is 0 Å². The monoisotopic (exact) mass is 218 g/mol. The highest BCUT2D eigenvalue weighted by molar-refractivity contribution is 5.77. The molecule has 0 aromatic heterocycles. The molecule has 0 amide bonds. The first kappa shape index (κ1) is 12.4. The van der Waals surface area contributed by atoms with Gasteiger partial charge in [0, 0.05) is 12.8 Å². The van der Waals surface area contributed by atoms with Crippen molar-refractivity contribution in [3.05, 3.63) is 0 Å². The minimum Gasteiger partial charge on any atom is -0.479 e. The lowest BCUT2D eigenvalue weighted by Crippen LogP contribution is -2.53. The number of carboxylic acids is 1. The van der Waals surface area contributed by atoms with E-state index in [4.69, 9.17) is 14.6 Å². The summed E-state index contributed by atoms with van der Waals surface area (Å²) in [6, 6.07) is 0. The van der Waals surface area contributed by atoms with Gasteiger partial charge in [0.1, 0.15) is 0 Å². The van der Waals surface area contributed by atoms with E-state index in [9.17, 15) is 9.90 Å². The van der Waals surface area contributed by atoms with Crippen LogP contribution in [-0.4, -0.2) is 47.2 Å². The van der Waals surface area contributed by atoms with E-state index in [0.717, 1.165) is 0 Å². The normalized spacial score (nSPS) is 30.1. The molecule has 2 N–H and O–H groups in total. The van der Waals surface area contributed by atoms with E-state index in [2.05, 4.69) is 0 Å². The first-order chi connectivity index (χ1) is 6.92. The maximum absolute atomic E-state index is 11.2. The molecule has 0 aromatic carbocycles. The molecule has 1 atom stereocenters. The maximum Gasteiger partial charge on any atom is 0.336 e. The molecule has 15 heavy (non-hydrogen) atoms. The summed E-state index contributed by atoms with van der Waals surface area (Å²) in [6.07, 6.45) is 0.626. The minimum absolute atomic E-state index is 0.0440. The summed E-state index contributed by atoms with van der Waals surface area (Å²) in [7, 11) is 0. The Morgan fingerprint density at radius 3 is 2.67 bits per heavy atom. The first-order valence-corrected chi connectivity index (χ1v) is 5.04. The molecule has 88 valence electrons. The van der Waals surface area contributed by atoms with Crippen LogP contribution < -0.4 is 0 Å². The fraction of sp³-hybridized carbons (Fsp3) is 0.900. The average molecular weight is 218 g/mol. The van der Waals surface area contributed by atoms with E-state index in [0.29, 0.717) is 19.4 Å². The molecule has 1 saturated heterocycles. The van der Waals surface area contributed by atoms with Crippen LogP contribution in [0.2, 0.25) is 0 Å². The lowest BCUT2D eigenvalue weighted by Gasteiger charge is -2.41. The third-order valence-electron chi connectivity index (χ3n) is 2.57. The molecule has 0 spiro atoms. The SMILES string of the molecule is CC1(C)CC(OCCO)(C(=O)O)CCO1. The van der Waals surface area contributed by atoms with Gasteiger partial charge in [0.05, 0.1) is 25.4 Å². The number of hydrogen-bond donors (Lipinski definition) is 2. The predicted molar refractivity (Wildman–Crippen MR) is 52.7 cm³/mol. The van der Waals surface area contributed by atoms with E-state index in [1.54, 1.807) is 0 Å². The summed E-state index contributed by atoms with van der Waals surface area (Å²) in [6.45, 7) is 3.92. The maximum atomic E-state index is 11.2. The van der Waals surface area contributed by atoms with Gasteiger partial charge in [-0.2, -0.15) is 0 Å². The quantitative estimate of drug-likeness (QED) is 0.714. The van der Waals surface area contributed by atoms with Crippen molar-refractivity contribution in [2.75, 3.05) is 19.8 Å². The molecule has 1 aliphatic heterocycles. The molecule has 5 heteroatoms. The lowest BCUT2D eigenvalue weighted by molar-refractivity contribution is -0.199. The van der Waals surface area contributed by atoms with Gasteiger partial charge in [0.25, 0.3) is 0 Å². The summed E-state index contributed by atoms with van der Waals surface area (Å²) in [5, 5.41) is 17.9. The van der Waals surface area contributed by atoms with Crippen molar-refractivity contribution in [3.8, 4) is 0 Å². The van der Waals surface area contributed by atoms with E-state index in [1.807, 2.05) is 13.8 Å². The molecule has 0 saturated carbocycles. The van der Waals surface area contributed by atoms with Crippen LogP contribution in [-0.2, 0) is 14.3 Å². The van der Waals surface area contributed by atoms with Crippen LogP contribution in [0.4, 0.5) is 0 Å². The van der Waals surface area contributed by atoms with Crippen molar-refractivity contribution in [1.82, 2.24) is 0 Å². The summed E-state index contributed by atoms with van der Waals surface area (Å²) in [5.74, 6) is -0.979. The minimum atomic E-state index is -1.20. The van der Waals surface area contributed by atoms with Gasteiger partial charge in [-0.3, -0.25) is 0 Å². The lowest BCUT2D eigenvalue weighted by atomic mass is 9.84. The number of aliphatic carboxylic acids is 1. The van der Waals surface area contributed by atoms with E-state index < -0.39 is 17.2 Å². The Balaban J connectivity index is 2.76. The fourth-order valence-corrected chi connectivity index (χ4v) is 1.93. The average Bonchev–Trinajstić information content (AvgIpc) is 2.13. The predicted octanol–water partition coefficient (Wildman–Crippen LogP) is 0.408. The Hall–Kier alpha value is -0.650. The Morgan fingerprint density at radius 2 is 2.20 bits per heavy atom. The van der Waals surface area contributed by atoms with Gasteiger partial charge in [-0.25, -0.2) is 4.79 Å². The van der Waals surface area contributed by atoms with E-state index in [-0.39, 0.29) is 13.2 Å². The molecule has 1 rings (SSSR count). The second-order valence-electron chi connectivity index (χ2n) is 4.41. The number of carbonyl (C=O) groups is 1. The summed E-state index contributed by atoms with van der Waals surface area (Å²) in [4.78, 5) is 11.2. The highest BCUT2D eigenvalue weighted by Gasteiger charge is 2.47. The van der Waals surface area contributed by atoms with Crippen LogP contribution in [0.1, 0.15) is 26.7 Å². The number of ether oxygens (including phenoxy) is 2. The number of carboxylic acid groups (broad SMARTS) is 1. The Bertz CT molecular complexity index is 238. The summed E-state index contributed by atoms with van der Waals surface area (Å²) in [5.41, 5.74) is -1.70. The van der Waals surface area contributed by atoms with Crippen molar-refractivity contribution in [2.24, 2.45) is 0 Å². The Labute approximate surface area is 89.0 Å². The Morgan fingerprint density at radius 1 is 1.53 bits per heavy atom. The molecule has 0 radical (unpaired) electrons. The summed E-state index contributed by atoms with van der Waals surface area (Å²) >= 11 is 0. The molecular formula is C10H18O5. The number of rotatable bonds is 4. The number of hydrogen-bond acceptors (Lipinski definition) is 4. The second kappa shape index (κ2) is 4.47. The van der Waals surface area contributed by atoms with Crippen molar-refractivity contribution in [2.45, 2.75) is 37.9 Å². The number of aliphatic hydroxyl groups is 1. The summed E-state index contributed by atoms with van der Waals surface area (Å²) < 4.78 is 10.7. The third kappa shape index (κ3) is 2.90. The zero-order chi connectivity index (χ0) is 11.5. The van der Waals surface area contributed by atoms with Crippen LogP contribution >= 0.6 is 0 Å². The van der Waals surface area contributed by atoms with Crippen molar-refractivity contribution in [1.29, 1.82) is 0 Å². The molecule has 1 unspecified atom stereocenters. The van der Waals surface area contributed by atoms with Gasteiger partial charge in [0.15, 0.2) is 5.60 Å². The van der Waals surface area contributed by atoms with Gasteiger partial charge in [0.2, 0.25) is 0 Å². The van der Waals surface area contributed by atoms with Gasteiger partial charge in [-0.1, -0.05) is 0 Å². The van der Waals surface area contributed by atoms with Crippen LogP contribution in [0.5, 0.6) is 0 Å². The first-order valence-electron chi connectivity index (χ1n) is 5.04. The van der Waals surface area contributed by atoms with Crippen molar-refractivity contribution in [3.63, 3.8) is 0 Å². The molecule has 5 nitrogen and oxygen atoms in total. The molecule has 1 aliphatic rings. The molecular weight excluding hydrogens is 200 g/mol.